The lowest BCUT2D eigenvalue weighted by Gasteiger charge is -2.22. The normalized spacial score (nSPS) is 18.6. The maximum absolute atomic E-state index is 13.2. The topological polar surface area (TPSA) is 102 Å². The van der Waals surface area contributed by atoms with Crippen LogP contribution in [0.1, 0.15) is 30.7 Å². The fourth-order valence-corrected chi connectivity index (χ4v) is 6.27. The lowest BCUT2D eigenvalue weighted by molar-refractivity contribution is 0.239. The van der Waals surface area contributed by atoms with E-state index in [9.17, 15) is 13.2 Å². The molecule has 1 aliphatic carbocycles. The van der Waals surface area contributed by atoms with E-state index < -0.39 is 21.6 Å². The molecule has 0 radical (unpaired) electrons. The third kappa shape index (κ3) is 4.97. The number of nitrogens with zero attached hydrogens (tertiary/aromatic N) is 2. The number of carbonyl (C=O) groups excluding carboxylic acids is 1. The number of hydrogen-bond acceptors (Lipinski definition) is 5. The molecule has 1 saturated carbocycles. The quantitative estimate of drug-likeness (QED) is 0.285. The number of urea groups is 1. The van der Waals surface area contributed by atoms with Gasteiger partial charge in [-0.15, -0.1) is 0 Å². The van der Waals surface area contributed by atoms with Crippen LogP contribution in [0.25, 0.3) is 5.69 Å². The first-order chi connectivity index (χ1) is 18.2. The third-order valence-corrected chi connectivity index (χ3v) is 8.70. The smallest absolute Gasteiger partial charge is 0.329 e. The molecule has 1 heterocycles. The first kappa shape index (κ1) is 26.1. The second-order valence-corrected chi connectivity index (χ2v) is 11.2. The molecule has 5 rings (SSSR count). The average molecular weight is 571 g/mol. The molecule has 1 aromatic heterocycles. The summed E-state index contributed by atoms with van der Waals surface area (Å²) in [4.78, 5) is 17.5. The molecule has 2 amide bonds. The Morgan fingerprint density at radius 2 is 1.82 bits per heavy atom. The molecule has 11 heteroatoms. The van der Waals surface area contributed by atoms with Crippen molar-refractivity contribution in [2.75, 3.05) is 6.61 Å². The van der Waals surface area contributed by atoms with Gasteiger partial charge < -0.3 is 14.6 Å². The standard InChI is InChI=1S/C27H24Cl2N4O4S/c1-2-37-20-13-11-19(12-14-20)33-16-15-30-25(33)27(17-21(27)18-7-4-3-5-8-18)31-26(34)32-38(35,36)23-10-6-9-22(28)24(23)29/h3-16,21H,2,17H2,1H3,(H2,31,32,34)/t21-,27?/m1/s1. The van der Waals surface area contributed by atoms with E-state index in [-0.39, 0.29) is 20.9 Å². The van der Waals surface area contributed by atoms with Gasteiger partial charge in [0.25, 0.3) is 10.0 Å². The highest BCUT2D eigenvalue weighted by Crippen LogP contribution is 2.58. The van der Waals surface area contributed by atoms with Gasteiger partial charge in [-0.2, -0.15) is 0 Å². The molecule has 1 aliphatic rings. The number of rotatable bonds is 8. The van der Waals surface area contributed by atoms with Crippen molar-refractivity contribution in [1.29, 1.82) is 0 Å². The van der Waals surface area contributed by atoms with Crippen molar-refractivity contribution in [3.8, 4) is 11.4 Å². The van der Waals surface area contributed by atoms with Crippen molar-refractivity contribution in [1.82, 2.24) is 19.6 Å². The van der Waals surface area contributed by atoms with Crippen LogP contribution >= 0.6 is 23.2 Å². The van der Waals surface area contributed by atoms with Gasteiger partial charge in [-0.3, -0.25) is 0 Å². The Hall–Kier alpha value is -3.53. The Bertz CT molecular complexity index is 1580. The number of aromatic nitrogens is 2. The minimum absolute atomic E-state index is 0.0649. The maximum atomic E-state index is 13.2. The van der Waals surface area contributed by atoms with Crippen molar-refractivity contribution in [3.63, 3.8) is 0 Å². The van der Waals surface area contributed by atoms with Crippen LogP contribution in [0, 0.1) is 0 Å². The largest absolute Gasteiger partial charge is 0.494 e. The summed E-state index contributed by atoms with van der Waals surface area (Å²) in [7, 11) is -4.30. The van der Waals surface area contributed by atoms with Crippen molar-refractivity contribution in [2.45, 2.75) is 29.7 Å². The number of sulfonamides is 1. The molecule has 1 fully saturated rings. The van der Waals surface area contributed by atoms with Gasteiger partial charge in [0, 0.05) is 24.0 Å². The van der Waals surface area contributed by atoms with E-state index in [2.05, 4.69) is 15.0 Å². The predicted molar refractivity (Wildman–Crippen MR) is 146 cm³/mol. The van der Waals surface area contributed by atoms with E-state index in [1.54, 1.807) is 12.4 Å². The number of halogens is 2. The molecular formula is C27H24Cl2N4O4S. The molecule has 0 saturated heterocycles. The molecule has 0 spiro atoms. The molecule has 8 nitrogen and oxygen atoms in total. The second-order valence-electron chi connectivity index (χ2n) is 8.80. The highest BCUT2D eigenvalue weighted by Gasteiger charge is 2.60. The van der Waals surface area contributed by atoms with E-state index in [1.165, 1.54) is 18.2 Å². The van der Waals surface area contributed by atoms with E-state index in [0.717, 1.165) is 17.0 Å². The molecule has 4 aromatic rings. The van der Waals surface area contributed by atoms with Crippen molar-refractivity contribution < 1.29 is 17.9 Å². The SMILES string of the molecule is CCOc1ccc(-n2ccnc2C2(NC(=O)NS(=O)(=O)c3cccc(Cl)c3Cl)C[C@@H]2c2ccccc2)cc1. The number of carbonyl (C=O) groups is 1. The molecule has 2 N–H and O–H groups in total. The number of nitrogens with one attached hydrogen (secondary N) is 2. The summed E-state index contributed by atoms with van der Waals surface area (Å²) in [5, 5.41) is 2.81. The Labute approximate surface area is 230 Å². The second kappa shape index (κ2) is 10.3. The first-order valence-corrected chi connectivity index (χ1v) is 14.1. The van der Waals surface area contributed by atoms with E-state index >= 15 is 0 Å². The van der Waals surface area contributed by atoms with Gasteiger partial charge in [0.2, 0.25) is 0 Å². The van der Waals surface area contributed by atoms with Crippen LogP contribution in [0.5, 0.6) is 5.75 Å². The van der Waals surface area contributed by atoms with Gasteiger partial charge in [-0.05, 0) is 55.3 Å². The summed E-state index contributed by atoms with van der Waals surface area (Å²) in [6.45, 7) is 2.47. The number of imidazole rings is 1. The first-order valence-electron chi connectivity index (χ1n) is 11.9. The van der Waals surface area contributed by atoms with Gasteiger partial charge in [0.15, 0.2) is 0 Å². The van der Waals surface area contributed by atoms with Crippen LogP contribution < -0.4 is 14.8 Å². The summed E-state index contributed by atoms with van der Waals surface area (Å²) in [5.74, 6) is 1.18. The Kier molecular flexibility index (Phi) is 7.09. The highest BCUT2D eigenvalue weighted by molar-refractivity contribution is 7.90. The molecule has 1 unspecified atom stereocenters. The zero-order chi connectivity index (χ0) is 26.9. The van der Waals surface area contributed by atoms with Crippen LogP contribution in [0.15, 0.2) is 90.1 Å². The van der Waals surface area contributed by atoms with Gasteiger partial charge in [-0.1, -0.05) is 59.6 Å². The highest BCUT2D eigenvalue weighted by atomic mass is 35.5. The van der Waals surface area contributed by atoms with Crippen LogP contribution in [-0.2, 0) is 15.6 Å². The molecule has 196 valence electrons. The molecule has 38 heavy (non-hydrogen) atoms. The monoisotopic (exact) mass is 570 g/mol. The minimum Gasteiger partial charge on any atom is -0.494 e. The van der Waals surface area contributed by atoms with E-state index in [0.29, 0.717) is 18.9 Å². The predicted octanol–water partition coefficient (Wildman–Crippen LogP) is 5.65. The maximum Gasteiger partial charge on any atom is 0.329 e. The van der Waals surface area contributed by atoms with Gasteiger partial charge in [-0.25, -0.2) is 22.9 Å². The molecule has 3 aromatic carbocycles. The zero-order valence-corrected chi connectivity index (χ0v) is 22.6. The van der Waals surface area contributed by atoms with Crippen LogP contribution in [0.3, 0.4) is 0 Å². The van der Waals surface area contributed by atoms with E-state index in [1.807, 2.05) is 66.1 Å². The Morgan fingerprint density at radius 3 is 2.53 bits per heavy atom. The lowest BCUT2D eigenvalue weighted by Crippen LogP contribution is -2.46. The lowest BCUT2D eigenvalue weighted by atomic mass is 10.1. The summed E-state index contributed by atoms with van der Waals surface area (Å²) in [6.07, 6.45) is 3.97. The zero-order valence-electron chi connectivity index (χ0n) is 20.3. The van der Waals surface area contributed by atoms with Crippen LogP contribution in [0.2, 0.25) is 10.0 Å². The summed E-state index contributed by atoms with van der Waals surface area (Å²) in [5.41, 5.74) is 0.857. The average Bonchev–Trinajstić information content (AvgIpc) is 3.38. The number of benzene rings is 3. The fourth-order valence-electron chi connectivity index (χ4n) is 4.60. The van der Waals surface area contributed by atoms with Crippen LogP contribution in [0.4, 0.5) is 4.79 Å². The third-order valence-electron chi connectivity index (χ3n) is 6.40. The van der Waals surface area contributed by atoms with Crippen molar-refractivity contribution in [3.05, 3.63) is 107 Å². The number of amides is 2. The van der Waals surface area contributed by atoms with Gasteiger partial charge in [0.1, 0.15) is 22.0 Å². The van der Waals surface area contributed by atoms with E-state index in [4.69, 9.17) is 27.9 Å². The summed E-state index contributed by atoms with van der Waals surface area (Å²) < 4.78 is 35.5. The summed E-state index contributed by atoms with van der Waals surface area (Å²) >= 11 is 12.1. The van der Waals surface area contributed by atoms with Crippen molar-refractivity contribution >= 4 is 39.3 Å². The van der Waals surface area contributed by atoms with Gasteiger partial charge >= 0.3 is 6.03 Å². The fraction of sp³-hybridized carbons (Fsp3) is 0.185. The molecule has 0 aliphatic heterocycles. The summed E-state index contributed by atoms with van der Waals surface area (Å²) in [6, 6.07) is 20.5. The Morgan fingerprint density at radius 1 is 1.08 bits per heavy atom. The minimum atomic E-state index is -4.30. The number of ether oxygens (including phenoxy) is 1. The molecule has 0 bridgehead atoms. The van der Waals surface area contributed by atoms with Crippen LogP contribution in [-0.4, -0.2) is 30.6 Å². The Balaban J connectivity index is 1.48. The molecule has 2 atom stereocenters. The molecular weight excluding hydrogens is 547 g/mol. The van der Waals surface area contributed by atoms with Crippen molar-refractivity contribution in [2.24, 2.45) is 0 Å². The van der Waals surface area contributed by atoms with Gasteiger partial charge in [0.05, 0.1) is 16.7 Å². The number of hydrogen-bond donors (Lipinski definition) is 2.